The zero-order valence-electron chi connectivity index (χ0n) is 11.4. The molecule has 0 amide bonds. The number of piperazine rings is 1. The van der Waals surface area contributed by atoms with Gasteiger partial charge < -0.3 is 14.8 Å². The van der Waals surface area contributed by atoms with Crippen molar-refractivity contribution in [2.24, 2.45) is 7.05 Å². The van der Waals surface area contributed by atoms with Crippen LogP contribution in [0.5, 0.6) is 0 Å². The van der Waals surface area contributed by atoms with Crippen molar-refractivity contribution < 1.29 is 0 Å². The van der Waals surface area contributed by atoms with Gasteiger partial charge in [0.25, 0.3) is 0 Å². The molecule has 1 unspecified atom stereocenters. The fraction of sp³-hybridized carbons (Fsp3) is 0.467. The molecule has 3 heteroatoms. The summed E-state index contributed by atoms with van der Waals surface area (Å²) in [4.78, 5) is 2.40. The molecule has 3 nitrogen and oxygen atoms in total. The van der Waals surface area contributed by atoms with E-state index in [1.165, 1.54) is 22.0 Å². The van der Waals surface area contributed by atoms with Crippen LogP contribution >= 0.6 is 0 Å². The zero-order valence-corrected chi connectivity index (χ0v) is 11.4. The summed E-state index contributed by atoms with van der Waals surface area (Å²) >= 11 is 0. The van der Waals surface area contributed by atoms with Crippen molar-refractivity contribution in [2.45, 2.75) is 13.0 Å². The zero-order chi connectivity index (χ0) is 12.7. The maximum absolute atomic E-state index is 3.64. The molecule has 1 N–H and O–H groups in total. The summed E-state index contributed by atoms with van der Waals surface area (Å²) in [7, 11) is 4.34. The maximum atomic E-state index is 3.64. The molecule has 1 saturated heterocycles. The molecule has 96 valence electrons. The van der Waals surface area contributed by atoms with Crippen molar-refractivity contribution in [3.8, 4) is 0 Å². The number of nitrogens with zero attached hydrogens (tertiary/aromatic N) is 2. The van der Waals surface area contributed by atoms with Gasteiger partial charge in [-0.1, -0.05) is 18.2 Å². The number of para-hydroxylation sites is 1. The van der Waals surface area contributed by atoms with Crippen LogP contribution in [0.4, 0.5) is 0 Å². The molecular weight excluding hydrogens is 222 g/mol. The quantitative estimate of drug-likeness (QED) is 0.827. The van der Waals surface area contributed by atoms with Gasteiger partial charge in [-0.3, -0.25) is 0 Å². The highest BCUT2D eigenvalue weighted by molar-refractivity contribution is 5.87. The molecule has 1 aromatic carbocycles. The van der Waals surface area contributed by atoms with E-state index in [-0.39, 0.29) is 0 Å². The highest BCUT2D eigenvalue weighted by Crippen LogP contribution is 2.29. The third kappa shape index (κ3) is 1.84. The molecule has 1 aliphatic heterocycles. The van der Waals surface area contributed by atoms with Gasteiger partial charge >= 0.3 is 0 Å². The van der Waals surface area contributed by atoms with E-state index in [0.717, 1.165) is 19.6 Å². The Balaban J connectivity index is 2.09. The van der Waals surface area contributed by atoms with Gasteiger partial charge in [-0.25, -0.2) is 0 Å². The Kier molecular flexibility index (Phi) is 2.88. The highest BCUT2D eigenvalue weighted by Gasteiger charge is 2.21. The first-order valence-corrected chi connectivity index (χ1v) is 6.63. The van der Waals surface area contributed by atoms with Gasteiger partial charge in [0.15, 0.2) is 0 Å². The number of hydrogen-bond donors (Lipinski definition) is 1. The molecule has 0 aliphatic carbocycles. The summed E-state index contributed by atoms with van der Waals surface area (Å²) in [5.41, 5.74) is 4.15. The van der Waals surface area contributed by atoms with Crippen molar-refractivity contribution in [3.63, 3.8) is 0 Å². The monoisotopic (exact) mass is 243 g/mol. The number of nitrogens with one attached hydrogen (secondary N) is 1. The minimum absolute atomic E-state index is 0.453. The molecule has 18 heavy (non-hydrogen) atoms. The number of likely N-dealkylation sites (N-methyl/N-ethyl adjacent to an activating group) is 1. The molecular formula is C15H21N3. The SMILES string of the molecule is Cc1cccc2c(C3CN(C)CCN3)cn(C)c12. The number of rotatable bonds is 1. The molecule has 0 saturated carbocycles. The van der Waals surface area contributed by atoms with Crippen molar-refractivity contribution in [1.29, 1.82) is 0 Å². The number of hydrogen-bond acceptors (Lipinski definition) is 2. The lowest BCUT2D eigenvalue weighted by Crippen LogP contribution is -2.43. The van der Waals surface area contributed by atoms with Crippen LogP contribution < -0.4 is 5.32 Å². The minimum atomic E-state index is 0.453. The lowest BCUT2D eigenvalue weighted by Gasteiger charge is -2.30. The maximum Gasteiger partial charge on any atom is 0.0510 e. The number of benzene rings is 1. The first-order chi connectivity index (χ1) is 8.66. The lowest BCUT2D eigenvalue weighted by atomic mass is 10.0. The standard InChI is InChI=1S/C15H21N3/c1-11-5-4-6-12-13(9-18(3)15(11)12)14-10-17(2)8-7-16-14/h4-6,9,14,16H,7-8,10H2,1-3H3. The third-order valence-electron chi connectivity index (χ3n) is 3.99. The fourth-order valence-corrected chi connectivity index (χ4v) is 3.09. The van der Waals surface area contributed by atoms with Gasteiger partial charge in [0.2, 0.25) is 0 Å². The van der Waals surface area contributed by atoms with Gasteiger partial charge in [-0.2, -0.15) is 0 Å². The van der Waals surface area contributed by atoms with Crippen molar-refractivity contribution in [1.82, 2.24) is 14.8 Å². The van der Waals surface area contributed by atoms with Crippen LogP contribution in [-0.2, 0) is 7.05 Å². The van der Waals surface area contributed by atoms with Gasteiger partial charge in [0.05, 0.1) is 5.52 Å². The van der Waals surface area contributed by atoms with E-state index < -0.39 is 0 Å². The summed E-state index contributed by atoms with van der Waals surface area (Å²) in [5, 5.41) is 5.03. The Hall–Kier alpha value is -1.32. The van der Waals surface area contributed by atoms with Crippen LogP contribution in [0.2, 0.25) is 0 Å². The average Bonchev–Trinajstić information content (AvgIpc) is 2.68. The predicted molar refractivity (Wildman–Crippen MR) is 75.9 cm³/mol. The van der Waals surface area contributed by atoms with Gasteiger partial charge in [0.1, 0.15) is 0 Å². The topological polar surface area (TPSA) is 20.2 Å². The Labute approximate surface area is 108 Å². The molecule has 0 spiro atoms. The Morgan fingerprint density at radius 1 is 1.28 bits per heavy atom. The summed E-state index contributed by atoms with van der Waals surface area (Å²) < 4.78 is 2.26. The van der Waals surface area contributed by atoms with Crippen LogP contribution in [0.1, 0.15) is 17.2 Å². The fourth-order valence-electron chi connectivity index (χ4n) is 3.09. The van der Waals surface area contributed by atoms with E-state index in [4.69, 9.17) is 0 Å². The first-order valence-electron chi connectivity index (χ1n) is 6.63. The van der Waals surface area contributed by atoms with E-state index in [2.05, 4.69) is 60.2 Å². The Morgan fingerprint density at radius 2 is 2.11 bits per heavy atom. The average molecular weight is 243 g/mol. The van der Waals surface area contributed by atoms with E-state index >= 15 is 0 Å². The predicted octanol–water partition coefficient (Wildman–Crippen LogP) is 2.06. The van der Waals surface area contributed by atoms with Crippen LogP contribution in [0.25, 0.3) is 10.9 Å². The molecule has 1 aromatic heterocycles. The summed E-state index contributed by atoms with van der Waals surface area (Å²) in [6.07, 6.45) is 2.29. The molecule has 3 rings (SSSR count). The van der Waals surface area contributed by atoms with E-state index in [1.54, 1.807) is 0 Å². The Bertz CT molecular complexity index is 570. The van der Waals surface area contributed by atoms with Crippen LogP contribution in [0, 0.1) is 6.92 Å². The summed E-state index contributed by atoms with van der Waals surface area (Å²) in [5.74, 6) is 0. The second-order valence-corrected chi connectivity index (χ2v) is 5.44. The van der Waals surface area contributed by atoms with Crippen molar-refractivity contribution in [2.75, 3.05) is 26.7 Å². The number of aromatic nitrogens is 1. The number of aryl methyl sites for hydroxylation is 2. The van der Waals surface area contributed by atoms with Crippen LogP contribution in [0.3, 0.4) is 0 Å². The lowest BCUT2D eigenvalue weighted by molar-refractivity contribution is 0.241. The highest BCUT2D eigenvalue weighted by atomic mass is 15.2. The van der Waals surface area contributed by atoms with Crippen molar-refractivity contribution >= 4 is 10.9 Å². The minimum Gasteiger partial charge on any atom is -0.350 e. The molecule has 1 fully saturated rings. The van der Waals surface area contributed by atoms with Gasteiger partial charge in [-0.05, 0) is 25.1 Å². The number of fused-ring (bicyclic) bond motifs is 1. The van der Waals surface area contributed by atoms with E-state index in [1.807, 2.05) is 0 Å². The van der Waals surface area contributed by atoms with Crippen molar-refractivity contribution in [3.05, 3.63) is 35.5 Å². The summed E-state index contributed by atoms with van der Waals surface area (Å²) in [6, 6.07) is 7.04. The smallest absolute Gasteiger partial charge is 0.0510 e. The summed E-state index contributed by atoms with van der Waals surface area (Å²) in [6.45, 7) is 5.49. The molecule has 0 bridgehead atoms. The normalized spacial score (nSPS) is 21.6. The molecule has 2 heterocycles. The third-order valence-corrected chi connectivity index (χ3v) is 3.99. The van der Waals surface area contributed by atoms with Gasteiger partial charge in [-0.15, -0.1) is 0 Å². The molecule has 2 aromatic rings. The first kappa shape index (κ1) is 11.8. The Morgan fingerprint density at radius 3 is 2.89 bits per heavy atom. The molecule has 0 radical (unpaired) electrons. The van der Waals surface area contributed by atoms with Gasteiger partial charge in [0, 0.05) is 44.3 Å². The van der Waals surface area contributed by atoms with E-state index in [9.17, 15) is 0 Å². The van der Waals surface area contributed by atoms with E-state index in [0.29, 0.717) is 6.04 Å². The second-order valence-electron chi connectivity index (χ2n) is 5.44. The molecule has 1 aliphatic rings. The molecule has 1 atom stereocenters. The largest absolute Gasteiger partial charge is 0.350 e. The van der Waals surface area contributed by atoms with Crippen LogP contribution in [-0.4, -0.2) is 36.1 Å². The van der Waals surface area contributed by atoms with Crippen LogP contribution in [0.15, 0.2) is 24.4 Å². The second kappa shape index (κ2) is 4.41.